The summed E-state index contributed by atoms with van der Waals surface area (Å²) in [5.74, 6) is -0.312. The minimum Gasteiger partial charge on any atom is -0.366 e. The van der Waals surface area contributed by atoms with Gasteiger partial charge in [-0.25, -0.2) is 4.98 Å². The highest BCUT2D eigenvalue weighted by Gasteiger charge is 2.23. The molecule has 5 nitrogen and oxygen atoms in total. The van der Waals surface area contributed by atoms with Crippen LogP contribution in [0.25, 0.3) is 5.65 Å². The van der Waals surface area contributed by atoms with Crippen molar-refractivity contribution in [3.8, 4) is 0 Å². The standard InChI is InChI=1S/C16H16N4OS/c17-16(21)13-10-22-14-9-19(6-4-12(13)14)8-11-7-18-15-3-1-2-5-20(11)15/h1-3,5,7,10H,4,6,8-9H2,(H2,17,21). The number of pyridine rings is 1. The summed E-state index contributed by atoms with van der Waals surface area (Å²) in [6, 6.07) is 6.03. The zero-order valence-corrected chi connectivity index (χ0v) is 12.8. The number of primary amides is 1. The van der Waals surface area contributed by atoms with Crippen molar-refractivity contribution in [2.75, 3.05) is 6.54 Å². The third-order valence-electron chi connectivity index (χ3n) is 4.17. The number of thiophene rings is 1. The Morgan fingerprint density at radius 3 is 3.18 bits per heavy atom. The SMILES string of the molecule is NC(=O)c1csc2c1CCN(Cc1cnc3ccccn13)C2. The van der Waals surface area contributed by atoms with Gasteiger partial charge in [0.1, 0.15) is 5.65 Å². The number of nitrogens with zero attached hydrogens (tertiary/aromatic N) is 3. The van der Waals surface area contributed by atoms with Gasteiger partial charge in [0.05, 0.1) is 17.5 Å². The highest BCUT2D eigenvalue weighted by Crippen LogP contribution is 2.29. The molecule has 0 spiro atoms. The molecule has 2 N–H and O–H groups in total. The highest BCUT2D eigenvalue weighted by molar-refractivity contribution is 7.10. The molecule has 0 saturated heterocycles. The van der Waals surface area contributed by atoms with E-state index in [4.69, 9.17) is 5.73 Å². The van der Waals surface area contributed by atoms with E-state index in [1.807, 2.05) is 36.0 Å². The monoisotopic (exact) mass is 312 g/mol. The van der Waals surface area contributed by atoms with Gasteiger partial charge in [-0.05, 0) is 24.1 Å². The zero-order valence-electron chi connectivity index (χ0n) is 12.0. The molecule has 1 aliphatic heterocycles. The molecule has 0 bridgehead atoms. The predicted octanol–water partition coefficient (Wildman–Crippen LogP) is 2.05. The molecule has 0 atom stereocenters. The Morgan fingerprint density at radius 2 is 2.32 bits per heavy atom. The van der Waals surface area contributed by atoms with Crippen molar-refractivity contribution in [3.05, 3.63) is 57.7 Å². The molecule has 0 radical (unpaired) electrons. The van der Waals surface area contributed by atoms with E-state index >= 15 is 0 Å². The molecule has 0 unspecified atom stereocenters. The van der Waals surface area contributed by atoms with E-state index in [0.29, 0.717) is 5.56 Å². The van der Waals surface area contributed by atoms with Gasteiger partial charge in [0.25, 0.3) is 0 Å². The van der Waals surface area contributed by atoms with Gasteiger partial charge in [0.2, 0.25) is 5.91 Å². The summed E-state index contributed by atoms with van der Waals surface area (Å²) in [5, 5.41) is 1.89. The van der Waals surface area contributed by atoms with Gasteiger partial charge in [-0.3, -0.25) is 9.69 Å². The molecule has 1 amide bonds. The molecule has 0 saturated carbocycles. The van der Waals surface area contributed by atoms with Crippen molar-refractivity contribution < 1.29 is 4.79 Å². The van der Waals surface area contributed by atoms with Gasteiger partial charge in [0.15, 0.2) is 0 Å². The molecule has 1 aliphatic rings. The zero-order chi connectivity index (χ0) is 15.1. The van der Waals surface area contributed by atoms with Crippen LogP contribution < -0.4 is 5.73 Å². The van der Waals surface area contributed by atoms with Crippen molar-refractivity contribution >= 4 is 22.9 Å². The molecular weight excluding hydrogens is 296 g/mol. The molecule has 4 heterocycles. The molecule has 112 valence electrons. The van der Waals surface area contributed by atoms with Gasteiger partial charge in [0, 0.05) is 36.1 Å². The maximum absolute atomic E-state index is 11.4. The molecule has 3 aromatic heterocycles. The smallest absolute Gasteiger partial charge is 0.249 e. The third kappa shape index (κ3) is 2.20. The van der Waals surface area contributed by atoms with Crippen LogP contribution in [0.15, 0.2) is 36.0 Å². The lowest BCUT2D eigenvalue weighted by atomic mass is 10.0. The van der Waals surface area contributed by atoms with Crippen molar-refractivity contribution in [2.24, 2.45) is 5.73 Å². The fourth-order valence-electron chi connectivity index (χ4n) is 3.05. The first kappa shape index (κ1) is 13.5. The number of amides is 1. The van der Waals surface area contributed by atoms with Crippen LogP contribution >= 0.6 is 11.3 Å². The van der Waals surface area contributed by atoms with Crippen LogP contribution in [0.4, 0.5) is 0 Å². The molecule has 0 aliphatic carbocycles. The van der Waals surface area contributed by atoms with E-state index in [2.05, 4.69) is 14.3 Å². The molecular formula is C16H16N4OS. The molecule has 3 aromatic rings. The van der Waals surface area contributed by atoms with Crippen molar-refractivity contribution in [1.29, 1.82) is 0 Å². The van der Waals surface area contributed by atoms with Gasteiger partial charge >= 0.3 is 0 Å². The summed E-state index contributed by atoms with van der Waals surface area (Å²) >= 11 is 1.64. The molecule has 22 heavy (non-hydrogen) atoms. The summed E-state index contributed by atoms with van der Waals surface area (Å²) < 4.78 is 2.12. The second kappa shape index (κ2) is 5.23. The fraction of sp³-hybridized carbons (Fsp3) is 0.250. The number of aromatic nitrogens is 2. The van der Waals surface area contributed by atoms with E-state index in [0.717, 1.165) is 37.3 Å². The first-order valence-electron chi connectivity index (χ1n) is 7.25. The summed E-state index contributed by atoms with van der Waals surface area (Å²) in [4.78, 5) is 19.5. The van der Waals surface area contributed by atoms with Crippen LogP contribution in [0.1, 0.15) is 26.5 Å². The summed E-state index contributed by atoms with van der Waals surface area (Å²) in [6.07, 6.45) is 4.87. The first-order valence-corrected chi connectivity index (χ1v) is 8.12. The molecule has 6 heteroatoms. The lowest BCUT2D eigenvalue weighted by Crippen LogP contribution is -2.30. The van der Waals surface area contributed by atoms with E-state index in [1.165, 1.54) is 10.6 Å². The number of rotatable bonds is 3. The summed E-state index contributed by atoms with van der Waals surface area (Å²) in [6.45, 7) is 2.66. The van der Waals surface area contributed by atoms with E-state index in [-0.39, 0.29) is 5.91 Å². The van der Waals surface area contributed by atoms with Crippen LogP contribution in [-0.4, -0.2) is 26.7 Å². The minimum atomic E-state index is -0.312. The lowest BCUT2D eigenvalue weighted by Gasteiger charge is -2.26. The lowest BCUT2D eigenvalue weighted by molar-refractivity contribution is 0.0999. The highest BCUT2D eigenvalue weighted by atomic mass is 32.1. The maximum atomic E-state index is 11.4. The molecule has 4 rings (SSSR count). The fourth-order valence-corrected chi connectivity index (χ4v) is 4.18. The van der Waals surface area contributed by atoms with E-state index in [1.54, 1.807) is 11.3 Å². The van der Waals surface area contributed by atoms with Crippen LogP contribution in [0, 0.1) is 0 Å². The Bertz CT molecular complexity index is 851. The van der Waals surface area contributed by atoms with Crippen LogP contribution in [0.2, 0.25) is 0 Å². The minimum absolute atomic E-state index is 0.312. The third-order valence-corrected chi connectivity index (χ3v) is 5.18. The Hall–Kier alpha value is -2.18. The average Bonchev–Trinajstić information content (AvgIpc) is 3.11. The molecule has 0 aromatic carbocycles. The second-order valence-electron chi connectivity index (χ2n) is 5.55. The number of hydrogen-bond donors (Lipinski definition) is 1. The van der Waals surface area contributed by atoms with E-state index < -0.39 is 0 Å². The number of imidazole rings is 1. The van der Waals surface area contributed by atoms with Crippen molar-refractivity contribution in [1.82, 2.24) is 14.3 Å². The largest absolute Gasteiger partial charge is 0.366 e. The Morgan fingerprint density at radius 1 is 1.41 bits per heavy atom. The van der Waals surface area contributed by atoms with Gasteiger partial charge in [-0.1, -0.05) is 6.07 Å². The summed E-state index contributed by atoms with van der Waals surface area (Å²) in [5.41, 5.74) is 9.44. The molecule has 0 fully saturated rings. The Kier molecular flexibility index (Phi) is 3.20. The first-order chi connectivity index (χ1) is 10.7. The normalized spacial score (nSPS) is 15.1. The van der Waals surface area contributed by atoms with E-state index in [9.17, 15) is 4.79 Å². The van der Waals surface area contributed by atoms with Crippen LogP contribution in [0.3, 0.4) is 0 Å². The van der Waals surface area contributed by atoms with Gasteiger partial charge in [-0.15, -0.1) is 11.3 Å². The Labute approximate surface area is 132 Å². The number of nitrogens with two attached hydrogens (primary N) is 1. The van der Waals surface area contributed by atoms with Crippen molar-refractivity contribution in [3.63, 3.8) is 0 Å². The predicted molar refractivity (Wildman–Crippen MR) is 85.8 cm³/mol. The number of hydrogen-bond acceptors (Lipinski definition) is 4. The second-order valence-corrected chi connectivity index (χ2v) is 6.52. The Balaban J connectivity index is 1.57. The van der Waals surface area contributed by atoms with Gasteiger partial charge < -0.3 is 10.1 Å². The quantitative estimate of drug-likeness (QED) is 0.805. The van der Waals surface area contributed by atoms with Crippen LogP contribution in [-0.2, 0) is 19.5 Å². The number of carbonyl (C=O) groups excluding carboxylic acids is 1. The van der Waals surface area contributed by atoms with Crippen LogP contribution in [0.5, 0.6) is 0 Å². The summed E-state index contributed by atoms with van der Waals surface area (Å²) in [7, 11) is 0. The number of carbonyl (C=O) groups is 1. The average molecular weight is 312 g/mol. The van der Waals surface area contributed by atoms with Gasteiger partial charge in [-0.2, -0.15) is 0 Å². The number of fused-ring (bicyclic) bond motifs is 2. The topological polar surface area (TPSA) is 63.6 Å². The van der Waals surface area contributed by atoms with Crippen molar-refractivity contribution in [2.45, 2.75) is 19.5 Å². The maximum Gasteiger partial charge on any atom is 0.249 e.